The second kappa shape index (κ2) is 7.53. The number of carbonyl (C=O) groups excluding carboxylic acids is 1. The van der Waals surface area contributed by atoms with Crippen molar-refractivity contribution in [2.45, 2.75) is 6.92 Å². The molecule has 0 atom stereocenters. The Bertz CT molecular complexity index is 1320. The molecular formula is C23H16N4O2S. The first kappa shape index (κ1) is 18.2. The lowest BCUT2D eigenvalue weighted by Crippen LogP contribution is -2.11. The zero-order valence-corrected chi connectivity index (χ0v) is 16.8. The van der Waals surface area contributed by atoms with E-state index in [0.717, 1.165) is 26.9 Å². The van der Waals surface area contributed by atoms with E-state index in [-0.39, 0.29) is 5.91 Å². The summed E-state index contributed by atoms with van der Waals surface area (Å²) in [5.74, 6) is 0.666. The molecule has 0 aliphatic heterocycles. The van der Waals surface area contributed by atoms with Crippen LogP contribution < -0.4 is 5.32 Å². The summed E-state index contributed by atoms with van der Waals surface area (Å²) in [5.41, 5.74) is 4.11. The summed E-state index contributed by atoms with van der Waals surface area (Å²) in [6, 6.07) is 22.7. The molecule has 1 N–H and O–H groups in total. The van der Waals surface area contributed by atoms with Crippen LogP contribution in [0.2, 0.25) is 0 Å². The predicted molar refractivity (Wildman–Crippen MR) is 117 cm³/mol. The van der Waals surface area contributed by atoms with E-state index in [9.17, 15) is 4.79 Å². The fourth-order valence-corrected chi connectivity index (χ4v) is 3.98. The number of carbonyl (C=O) groups is 1. The number of thiazole rings is 1. The number of rotatable bonds is 4. The van der Waals surface area contributed by atoms with Gasteiger partial charge in [0.05, 0.1) is 10.2 Å². The van der Waals surface area contributed by atoms with E-state index in [2.05, 4.69) is 20.5 Å². The van der Waals surface area contributed by atoms with Crippen LogP contribution in [0, 0.1) is 6.92 Å². The second-order valence-corrected chi connectivity index (χ2v) is 7.78. The van der Waals surface area contributed by atoms with Crippen LogP contribution in [-0.4, -0.2) is 21.1 Å². The van der Waals surface area contributed by atoms with E-state index in [1.54, 1.807) is 24.3 Å². The van der Waals surface area contributed by atoms with Gasteiger partial charge in [-0.25, -0.2) is 4.98 Å². The predicted octanol–water partition coefficient (Wildman–Crippen LogP) is 5.57. The molecule has 0 unspecified atom stereocenters. The molecule has 3 aromatic carbocycles. The van der Waals surface area contributed by atoms with E-state index in [1.807, 2.05) is 55.5 Å². The molecule has 146 valence electrons. The van der Waals surface area contributed by atoms with Crippen LogP contribution in [0.3, 0.4) is 0 Å². The summed E-state index contributed by atoms with van der Waals surface area (Å²) < 4.78 is 6.87. The van der Waals surface area contributed by atoms with E-state index in [1.165, 1.54) is 11.3 Å². The number of amides is 1. The Balaban J connectivity index is 1.34. The Labute approximate surface area is 176 Å². The number of hydrogen-bond donors (Lipinski definition) is 1. The van der Waals surface area contributed by atoms with E-state index in [0.29, 0.717) is 22.5 Å². The van der Waals surface area contributed by atoms with Gasteiger partial charge in [-0.1, -0.05) is 41.7 Å². The highest BCUT2D eigenvalue weighted by atomic mass is 32.1. The van der Waals surface area contributed by atoms with Gasteiger partial charge in [-0.3, -0.25) is 10.1 Å². The second-order valence-electron chi connectivity index (χ2n) is 6.75. The third-order valence-electron chi connectivity index (χ3n) is 4.71. The minimum Gasteiger partial charge on any atom is -0.416 e. The number of benzene rings is 3. The molecular weight excluding hydrogens is 396 g/mol. The number of nitrogens with one attached hydrogen (secondary N) is 1. The number of hydrogen-bond acceptors (Lipinski definition) is 6. The Morgan fingerprint density at radius 2 is 1.63 bits per heavy atom. The van der Waals surface area contributed by atoms with Crippen molar-refractivity contribution in [1.29, 1.82) is 0 Å². The van der Waals surface area contributed by atoms with Gasteiger partial charge in [0.1, 0.15) is 0 Å². The van der Waals surface area contributed by atoms with Crippen molar-refractivity contribution in [3.05, 3.63) is 83.9 Å². The summed E-state index contributed by atoms with van der Waals surface area (Å²) in [4.78, 5) is 17.0. The molecule has 1 amide bonds. The van der Waals surface area contributed by atoms with E-state index < -0.39 is 0 Å². The van der Waals surface area contributed by atoms with Crippen molar-refractivity contribution in [2.75, 3.05) is 5.32 Å². The summed E-state index contributed by atoms with van der Waals surface area (Å²) in [6.07, 6.45) is 0. The molecule has 0 saturated heterocycles. The first-order valence-corrected chi connectivity index (χ1v) is 10.2. The molecule has 0 aliphatic carbocycles. The fraction of sp³-hybridized carbons (Fsp3) is 0.0435. The standard InChI is InChI=1S/C23H16N4O2S/c1-14-6-2-3-7-17(14)22-27-26-21(29-22)16-12-10-15(11-13-16)20(28)25-23-24-18-8-4-5-9-19(18)30-23/h2-13H,1H3,(H,24,25,28). The molecule has 0 saturated carbocycles. The van der Waals surface area contributed by atoms with Crippen LogP contribution in [0.4, 0.5) is 5.13 Å². The molecule has 6 nitrogen and oxygen atoms in total. The molecule has 0 fully saturated rings. The monoisotopic (exact) mass is 412 g/mol. The molecule has 30 heavy (non-hydrogen) atoms. The van der Waals surface area contributed by atoms with Gasteiger partial charge in [-0.05, 0) is 55.0 Å². The largest absolute Gasteiger partial charge is 0.416 e. The number of nitrogens with zero attached hydrogens (tertiary/aromatic N) is 3. The minimum atomic E-state index is -0.216. The number of para-hydroxylation sites is 1. The highest BCUT2D eigenvalue weighted by Crippen LogP contribution is 2.27. The molecule has 0 bridgehead atoms. The average molecular weight is 412 g/mol. The van der Waals surface area contributed by atoms with Gasteiger partial charge >= 0.3 is 0 Å². The number of aromatic nitrogens is 3. The molecule has 5 rings (SSSR count). The molecule has 5 aromatic rings. The summed E-state index contributed by atoms with van der Waals surface area (Å²) in [7, 11) is 0. The zero-order chi connectivity index (χ0) is 20.5. The number of aryl methyl sites for hydroxylation is 1. The number of fused-ring (bicyclic) bond motifs is 1. The first-order chi connectivity index (χ1) is 14.7. The SMILES string of the molecule is Cc1ccccc1-c1nnc(-c2ccc(C(=O)Nc3nc4ccccc4s3)cc2)o1. The average Bonchev–Trinajstić information content (AvgIpc) is 3.41. The molecule has 2 heterocycles. The Morgan fingerprint density at radius 1 is 0.900 bits per heavy atom. The number of anilines is 1. The van der Waals surface area contributed by atoms with Gasteiger partial charge in [0.15, 0.2) is 5.13 Å². The van der Waals surface area contributed by atoms with E-state index in [4.69, 9.17) is 4.42 Å². The fourth-order valence-electron chi connectivity index (χ4n) is 3.12. The smallest absolute Gasteiger partial charge is 0.257 e. The molecule has 0 radical (unpaired) electrons. The Hall–Kier alpha value is -3.84. The Morgan fingerprint density at radius 3 is 2.43 bits per heavy atom. The zero-order valence-electron chi connectivity index (χ0n) is 16.0. The van der Waals surface area contributed by atoms with Crippen LogP contribution >= 0.6 is 11.3 Å². The molecule has 0 spiro atoms. The van der Waals surface area contributed by atoms with Gasteiger partial charge in [0.25, 0.3) is 5.91 Å². The van der Waals surface area contributed by atoms with Crippen LogP contribution in [0.25, 0.3) is 33.1 Å². The summed E-state index contributed by atoms with van der Waals surface area (Å²) in [6.45, 7) is 2.00. The van der Waals surface area contributed by atoms with Gasteiger partial charge in [0, 0.05) is 16.7 Å². The Kier molecular flexibility index (Phi) is 4.57. The lowest BCUT2D eigenvalue weighted by Gasteiger charge is -2.02. The van der Waals surface area contributed by atoms with Crippen LogP contribution in [0.5, 0.6) is 0 Å². The highest BCUT2D eigenvalue weighted by molar-refractivity contribution is 7.22. The van der Waals surface area contributed by atoms with Gasteiger partial charge in [-0.15, -0.1) is 10.2 Å². The maximum absolute atomic E-state index is 12.6. The lowest BCUT2D eigenvalue weighted by atomic mass is 10.1. The van der Waals surface area contributed by atoms with Crippen LogP contribution in [0.15, 0.2) is 77.2 Å². The lowest BCUT2D eigenvalue weighted by molar-refractivity contribution is 0.102. The molecule has 7 heteroatoms. The van der Waals surface area contributed by atoms with Crippen molar-refractivity contribution in [2.24, 2.45) is 0 Å². The summed E-state index contributed by atoms with van der Waals surface area (Å²) >= 11 is 1.45. The normalized spacial score (nSPS) is 11.0. The third-order valence-corrected chi connectivity index (χ3v) is 5.66. The maximum Gasteiger partial charge on any atom is 0.257 e. The topological polar surface area (TPSA) is 80.9 Å². The summed E-state index contributed by atoms with van der Waals surface area (Å²) in [5, 5.41) is 11.7. The van der Waals surface area contributed by atoms with Gasteiger partial charge in [-0.2, -0.15) is 0 Å². The van der Waals surface area contributed by atoms with Crippen LogP contribution in [0.1, 0.15) is 15.9 Å². The maximum atomic E-state index is 12.6. The first-order valence-electron chi connectivity index (χ1n) is 9.34. The van der Waals surface area contributed by atoms with Gasteiger partial charge in [0.2, 0.25) is 11.8 Å². The van der Waals surface area contributed by atoms with Crippen LogP contribution in [-0.2, 0) is 0 Å². The van der Waals surface area contributed by atoms with Crippen molar-refractivity contribution in [3.8, 4) is 22.9 Å². The van der Waals surface area contributed by atoms with Crippen molar-refractivity contribution < 1.29 is 9.21 Å². The van der Waals surface area contributed by atoms with Crippen molar-refractivity contribution >= 4 is 32.6 Å². The van der Waals surface area contributed by atoms with E-state index >= 15 is 0 Å². The van der Waals surface area contributed by atoms with Gasteiger partial charge < -0.3 is 4.42 Å². The third kappa shape index (κ3) is 3.46. The minimum absolute atomic E-state index is 0.216. The quantitative estimate of drug-likeness (QED) is 0.417. The molecule has 0 aliphatic rings. The van der Waals surface area contributed by atoms with Crippen molar-refractivity contribution in [3.63, 3.8) is 0 Å². The van der Waals surface area contributed by atoms with Crippen molar-refractivity contribution in [1.82, 2.24) is 15.2 Å². The highest BCUT2D eigenvalue weighted by Gasteiger charge is 2.14. The molecule has 2 aromatic heterocycles.